The van der Waals surface area contributed by atoms with Crippen LogP contribution in [0.5, 0.6) is 11.5 Å². The molecule has 1 aliphatic carbocycles. The summed E-state index contributed by atoms with van der Waals surface area (Å²) in [4.78, 5) is 11.9. The maximum atomic E-state index is 12.2. The first kappa shape index (κ1) is 18.7. The maximum Gasteiger partial charge on any atom is 0.232 e. The number of nitrogens with zero attached hydrogens (tertiary/aromatic N) is 1. The summed E-state index contributed by atoms with van der Waals surface area (Å²) in [7, 11) is -0.768. The van der Waals surface area contributed by atoms with E-state index in [1.165, 1.54) is 26.4 Å². The van der Waals surface area contributed by atoms with E-state index in [2.05, 4.69) is 5.32 Å². The third-order valence-corrected chi connectivity index (χ3v) is 5.08. The van der Waals surface area contributed by atoms with Crippen LogP contribution in [0.3, 0.4) is 0 Å². The second-order valence-electron chi connectivity index (χ2n) is 5.59. The number of sulfonamides is 1. The van der Waals surface area contributed by atoms with Gasteiger partial charge in [0.05, 0.1) is 31.2 Å². The number of benzene rings is 1. The molecule has 0 aromatic heterocycles. The Morgan fingerprint density at radius 1 is 1.29 bits per heavy atom. The molecular weight excluding hydrogens is 356 g/mol. The molecule has 1 aromatic rings. The van der Waals surface area contributed by atoms with E-state index in [0.29, 0.717) is 10.8 Å². The van der Waals surface area contributed by atoms with Crippen molar-refractivity contribution >= 4 is 33.2 Å². The third-order valence-electron chi connectivity index (χ3n) is 3.61. The first-order valence-electron chi connectivity index (χ1n) is 7.45. The lowest BCUT2D eigenvalue weighted by Crippen LogP contribution is -2.35. The first-order chi connectivity index (χ1) is 11.3. The van der Waals surface area contributed by atoms with Crippen molar-refractivity contribution in [2.75, 3.05) is 31.3 Å². The summed E-state index contributed by atoms with van der Waals surface area (Å²) in [5.74, 6) is 0.434. The molecule has 0 atom stereocenters. The lowest BCUT2D eigenvalue weighted by atomic mass is 10.2. The van der Waals surface area contributed by atoms with Crippen LogP contribution in [-0.2, 0) is 14.8 Å². The molecule has 1 aliphatic rings. The molecule has 0 heterocycles. The van der Waals surface area contributed by atoms with Gasteiger partial charge in [0.1, 0.15) is 11.5 Å². The van der Waals surface area contributed by atoms with E-state index in [0.717, 1.165) is 23.4 Å². The van der Waals surface area contributed by atoms with Gasteiger partial charge in [0.25, 0.3) is 0 Å². The summed E-state index contributed by atoms with van der Waals surface area (Å²) in [5.41, 5.74) is 0.278. The quantitative estimate of drug-likeness (QED) is 0.747. The molecule has 24 heavy (non-hydrogen) atoms. The minimum atomic E-state index is -3.62. The van der Waals surface area contributed by atoms with Crippen LogP contribution in [0.1, 0.15) is 19.3 Å². The van der Waals surface area contributed by atoms with Crippen LogP contribution in [0.4, 0.5) is 5.69 Å². The molecule has 0 aliphatic heterocycles. The van der Waals surface area contributed by atoms with Crippen LogP contribution in [0.15, 0.2) is 12.1 Å². The van der Waals surface area contributed by atoms with E-state index in [1.54, 1.807) is 0 Å². The molecule has 0 radical (unpaired) electrons. The fraction of sp³-hybridized carbons (Fsp3) is 0.533. The lowest BCUT2D eigenvalue weighted by Gasteiger charge is -2.25. The predicted octanol–water partition coefficient (Wildman–Crippen LogP) is 1.79. The molecule has 0 saturated heterocycles. The maximum absolute atomic E-state index is 12.2. The van der Waals surface area contributed by atoms with Crippen molar-refractivity contribution < 1.29 is 22.7 Å². The highest BCUT2D eigenvalue weighted by molar-refractivity contribution is 7.92. The van der Waals surface area contributed by atoms with Gasteiger partial charge in [-0.1, -0.05) is 11.6 Å². The van der Waals surface area contributed by atoms with Gasteiger partial charge < -0.3 is 14.8 Å². The van der Waals surface area contributed by atoms with Crippen molar-refractivity contribution in [1.29, 1.82) is 0 Å². The van der Waals surface area contributed by atoms with Gasteiger partial charge in [-0.2, -0.15) is 0 Å². The van der Waals surface area contributed by atoms with Crippen molar-refractivity contribution in [3.8, 4) is 11.5 Å². The van der Waals surface area contributed by atoms with Gasteiger partial charge in [0.15, 0.2) is 0 Å². The normalized spacial score (nSPS) is 14.2. The Kier molecular flexibility index (Phi) is 5.82. The number of rotatable bonds is 8. The predicted molar refractivity (Wildman–Crippen MR) is 92.5 cm³/mol. The second kappa shape index (κ2) is 7.48. The molecule has 0 bridgehead atoms. The lowest BCUT2D eigenvalue weighted by molar-refractivity contribution is -0.121. The highest BCUT2D eigenvalue weighted by Gasteiger charge is 2.26. The van der Waals surface area contributed by atoms with Gasteiger partial charge in [-0.05, 0) is 12.8 Å². The molecule has 1 amide bonds. The summed E-state index contributed by atoms with van der Waals surface area (Å²) in [6.45, 7) is -0.00146. The zero-order valence-electron chi connectivity index (χ0n) is 13.8. The molecule has 2 rings (SSSR count). The number of carbonyl (C=O) groups is 1. The van der Waals surface area contributed by atoms with Gasteiger partial charge in [-0.25, -0.2) is 8.42 Å². The topological polar surface area (TPSA) is 84.9 Å². The van der Waals surface area contributed by atoms with Gasteiger partial charge in [0.2, 0.25) is 15.9 Å². The number of ether oxygens (including phenoxy) is 2. The molecule has 1 saturated carbocycles. The summed E-state index contributed by atoms with van der Waals surface area (Å²) in [6.07, 6.45) is 3.08. The Morgan fingerprint density at radius 2 is 1.92 bits per heavy atom. The second-order valence-corrected chi connectivity index (χ2v) is 7.90. The number of anilines is 1. The highest BCUT2D eigenvalue weighted by atomic mass is 35.5. The number of methoxy groups -OCH3 is 2. The van der Waals surface area contributed by atoms with E-state index in [1.807, 2.05) is 0 Å². The molecule has 7 nitrogen and oxygen atoms in total. The smallest absolute Gasteiger partial charge is 0.232 e. The van der Waals surface area contributed by atoms with Gasteiger partial charge in [-0.3, -0.25) is 9.10 Å². The van der Waals surface area contributed by atoms with Gasteiger partial charge in [-0.15, -0.1) is 0 Å². The van der Waals surface area contributed by atoms with Crippen LogP contribution < -0.4 is 19.1 Å². The number of hydrogen-bond acceptors (Lipinski definition) is 5. The van der Waals surface area contributed by atoms with Gasteiger partial charge >= 0.3 is 0 Å². The summed E-state index contributed by atoms with van der Waals surface area (Å²) in [6, 6.07) is 3.20. The van der Waals surface area contributed by atoms with Crippen molar-refractivity contribution in [3.63, 3.8) is 0 Å². The van der Waals surface area contributed by atoms with Gasteiger partial charge in [0, 0.05) is 31.1 Å². The molecular formula is C15H21ClN2O5S. The van der Waals surface area contributed by atoms with E-state index in [4.69, 9.17) is 21.1 Å². The van der Waals surface area contributed by atoms with Crippen molar-refractivity contribution in [1.82, 2.24) is 5.32 Å². The van der Waals surface area contributed by atoms with Crippen molar-refractivity contribution in [2.45, 2.75) is 25.3 Å². The monoisotopic (exact) mass is 376 g/mol. The summed E-state index contributed by atoms with van der Waals surface area (Å²) < 4.78 is 35.9. The number of hydrogen-bond donors (Lipinski definition) is 1. The van der Waals surface area contributed by atoms with E-state index < -0.39 is 10.0 Å². The zero-order chi connectivity index (χ0) is 17.9. The first-order valence-corrected chi connectivity index (χ1v) is 9.67. The third kappa shape index (κ3) is 4.67. The average Bonchev–Trinajstić information content (AvgIpc) is 3.30. The van der Waals surface area contributed by atoms with E-state index >= 15 is 0 Å². The van der Waals surface area contributed by atoms with Crippen LogP contribution in [0.25, 0.3) is 0 Å². The van der Waals surface area contributed by atoms with Crippen LogP contribution in [-0.4, -0.2) is 47.4 Å². The minimum Gasteiger partial charge on any atom is -0.495 e. The molecule has 9 heteroatoms. The van der Waals surface area contributed by atoms with E-state index in [-0.39, 0.29) is 36.4 Å². The number of carbonyl (C=O) groups excluding carboxylic acids is 1. The molecule has 1 aromatic carbocycles. The SMILES string of the molecule is COc1cc(N(CCC(=O)NC2CC2)S(C)(=O)=O)c(OC)cc1Cl. The van der Waals surface area contributed by atoms with E-state index in [9.17, 15) is 13.2 Å². The van der Waals surface area contributed by atoms with Crippen LogP contribution in [0, 0.1) is 0 Å². The highest BCUT2D eigenvalue weighted by Crippen LogP contribution is 2.39. The largest absolute Gasteiger partial charge is 0.495 e. The number of halogens is 1. The Labute approximate surface area is 146 Å². The molecule has 0 unspecified atom stereocenters. The van der Waals surface area contributed by atoms with Crippen molar-refractivity contribution in [3.05, 3.63) is 17.2 Å². The average molecular weight is 377 g/mol. The number of nitrogens with one attached hydrogen (secondary N) is 1. The Balaban J connectivity index is 2.28. The summed E-state index contributed by atoms with van der Waals surface area (Å²) >= 11 is 6.05. The Hall–Kier alpha value is -1.67. The van der Waals surface area contributed by atoms with Crippen molar-refractivity contribution in [2.24, 2.45) is 0 Å². The standard InChI is InChI=1S/C15H21ClN2O5S/c1-22-13-9-12(14(23-2)8-11(13)16)18(24(3,20)21)7-6-15(19)17-10-4-5-10/h8-10H,4-7H2,1-3H3,(H,17,19). The Morgan fingerprint density at radius 3 is 2.42 bits per heavy atom. The molecule has 1 fully saturated rings. The fourth-order valence-electron chi connectivity index (χ4n) is 2.23. The van der Waals surface area contributed by atoms with Crippen LogP contribution in [0.2, 0.25) is 5.02 Å². The zero-order valence-corrected chi connectivity index (χ0v) is 15.4. The fourth-order valence-corrected chi connectivity index (χ4v) is 3.39. The van der Waals surface area contributed by atoms with Crippen LogP contribution >= 0.6 is 11.6 Å². The molecule has 1 N–H and O–H groups in total. The number of amides is 1. The minimum absolute atomic E-state index is 0.00146. The Bertz CT molecular complexity index is 719. The molecule has 134 valence electrons. The summed E-state index contributed by atoms with van der Waals surface area (Å²) in [5, 5.41) is 3.14. The molecule has 0 spiro atoms.